The maximum atomic E-state index is 12.0. The van der Waals surface area contributed by atoms with E-state index in [2.05, 4.69) is 31.3 Å². The van der Waals surface area contributed by atoms with Crippen molar-refractivity contribution in [1.29, 1.82) is 0 Å². The lowest BCUT2D eigenvalue weighted by atomic mass is 9.55. The molecule has 2 N–H and O–H groups in total. The van der Waals surface area contributed by atoms with Crippen LogP contribution < -0.4 is 10.1 Å². The van der Waals surface area contributed by atoms with E-state index in [1.54, 1.807) is 0 Å². The Hall–Kier alpha value is -1.55. The van der Waals surface area contributed by atoms with Gasteiger partial charge in [-0.05, 0) is 91.4 Å². The highest BCUT2D eigenvalue weighted by molar-refractivity contribution is 5.77. The fourth-order valence-electron chi connectivity index (χ4n) is 6.42. The quantitative estimate of drug-likeness (QED) is 0.660. The molecule has 0 bridgehead atoms. The van der Waals surface area contributed by atoms with E-state index in [9.17, 15) is 9.90 Å². The third-order valence-electron chi connectivity index (χ3n) is 8.12. The van der Waals surface area contributed by atoms with Crippen LogP contribution in [0.15, 0.2) is 18.2 Å². The molecule has 5 unspecified atom stereocenters. The summed E-state index contributed by atoms with van der Waals surface area (Å²) >= 11 is 0. The third-order valence-corrected chi connectivity index (χ3v) is 8.12. The number of amides is 1. The van der Waals surface area contributed by atoms with E-state index in [1.165, 1.54) is 30.4 Å². The van der Waals surface area contributed by atoms with Gasteiger partial charge in [-0.3, -0.25) is 4.79 Å². The molecule has 0 radical (unpaired) electrons. The van der Waals surface area contributed by atoms with Crippen LogP contribution in [0, 0.1) is 17.3 Å². The Labute approximate surface area is 175 Å². The van der Waals surface area contributed by atoms with Crippen LogP contribution >= 0.6 is 0 Å². The maximum absolute atomic E-state index is 12.0. The van der Waals surface area contributed by atoms with Crippen molar-refractivity contribution in [1.82, 2.24) is 5.32 Å². The molecule has 4 rings (SSSR count). The molecular formula is C25H37NO3. The van der Waals surface area contributed by atoms with E-state index in [-0.39, 0.29) is 24.0 Å². The van der Waals surface area contributed by atoms with Crippen LogP contribution in [-0.4, -0.2) is 30.3 Å². The fraction of sp³-hybridized carbons (Fsp3) is 0.720. The molecule has 0 spiro atoms. The summed E-state index contributed by atoms with van der Waals surface area (Å²) in [6.45, 7) is 5.31. The molecule has 0 heterocycles. The van der Waals surface area contributed by atoms with Crippen LogP contribution in [0.5, 0.6) is 5.75 Å². The van der Waals surface area contributed by atoms with Crippen molar-refractivity contribution >= 4 is 5.91 Å². The molecule has 0 saturated heterocycles. The smallest absolute Gasteiger partial charge is 0.257 e. The predicted octanol–water partition coefficient (Wildman–Crippen LogP) is 4.59. The SMILES string of the molecule is CCCCCNC(=O)COc1ccc2c(c1)CCC1C2CCC2(C)C(O)CCC12. The number of aliphatic hydroxyl groups is 1. The van der Waals surface area contributed by atoms with Crippen molar-refractivity contribution in [3.05, 3.63) is 29.3 Å². The molecule has 4 heteroatoms. The van der Waals surface area contributed by atoms with Crippen LogP contribution in [-0.2, 0) is 11.2 Å². The largest absolute Gasteiger partial charge is 0.484 e. The zero-order valence-electron chi connectivity index (χ0n) is 18.1. The number of nitrogens with one attached hydrogen (secondary N) is 1. The van der Waals surface area contributed by atoms with Crippen molar-refractivity contribution in [2.45, 2.75) is 83.7 Å². The number of unbranched alkanes of at least 4 members (excludes halogenated alkanes) is 2. The molecule has 2 saturated carbocycles. The average Bonchev–Trinajstić information content (AvgIpc) is 3.04. The summed E-state index contributed by atoms with van der Waals surface area (Å²) in [6, 6.07) is 6.45. The number of fused-ring (bicyclic) bond motifs is 5. The number of rotatable bonds is 7. The molecule has 4 nitrogen and oxygen atoms in total. The van der Waals surface area contributed by atoms with Gasteiger partial charge < -0.3 is 15.2 Å². The number of hydrogen-bond donors (Lipinski definition) is 2. The monoisotopic (exact) mass is 399 g/mol. The van der Waals surface area contributed by atoms with Crippen LogP contribution in [0.4, 0.5) is 0 Å². The Morgan fingerprint density at radius 3 is 2.93 bits per heavy atom. The van der Waals surface area contributed by atoms with E-state index in [1.807, 2.05) is 6.07 Å². The maximum Gasteiger partial charge on any atom is 0.257 e. The third kappa shape index (κ3) is 4.05. The number of benzene rings is 1. The molecular weight excluding hydrogens is 362 g/mol. The Morgan fingerprint density at radius 1 is 1.24 bits per heavy atom. The zero-order valence-corrected chi connectivity index (χ0v) is 18.1. The molecule has 0 aliphatic heterocycles. The molecule has 3 aliphatic rings. The van der Waals surface area contributed by atoms with Gasteiger partial charge in [0.15, 0.2) is 6.61 Å². The Balaban J connectivity index is 1.37. The molecule has 1 aromatic rings. The number of carbonyl (C=O) groups excluding carboxylic acids is 1. The van der Waals surface area contributed by atoms with E-state index in [4.69, 9.17) is 4.74 Å². The Morgan fingerprint density at radius 2 is 2.10 bits per heavy atom. The van der Waals surface area contributed by atoms with Gasteiger partial charge in [0, 0.05) is 6.54 Å². The first kappa shape index (κ1) is 20.7. The molecule has 29 heavy (non-hydrogen) atoms. The normalized spacial score (nSPS) is 32.8. The lowest BCUT2D eigenvalue weighted by Crippen LogP contribution is -2.43. The van der Waals surface area contributed by atoms with Gasteiger partial charge in [-0.15, -0.1) is 0 Å². The second-order valence-electron chi connectivity index (χ2n) is 9.76. The number of hydrogen-bond acceptors (Lipinski definition) is 3. The highest BCUT2D eigenvalue weighted by Gasteiger charge is 2.54. The lowest BCUT2D eigenvalue weighted by Gasteiger charge is -2.50. The minimum absolute atomic E-state index is 0.0368. The topological polar surface area (TPSA) is 58.6 Å². The average molecular weight is 400 g/mol. The van der Waals surface area contributed by atoms with Gasteiger partial charge in [0.05, 0.1) is 6.10 Å². The second-order valence-corrected chi connectivity index (χ2v) is 9.76. The van der Waals surface area contributed by atoms with Crippen molar-refractivity contribution in [2.75, 3.05) is 13.2 Å². The van der Waals surface area contributed by atoms with E-state index >= 15 is 0 Å². The predicted molar refractivity (Wildman–Crippen MR) is 115 cm³/mol. The van der Waals surface area contributed by atoms with E-state index < -0.39 is 0 Å². The van der Waals surface area contributed by atoms with E-state index in [0.717, 1.165) is 50.8 Å². The van der Waals surface area contributed by atoms with Gasteiger partial charge in [-0.2, -0.15) is 0 Å². The standard InChI is InChI=1S/C25H37NO3/c1-3-4-5-14-26-24(28)16-29-18-7-9-19-17(15-18)6-8-21-20(19)12-13-25(2)22(21)10-11-23(25)27/h7,9,15,20-23,27H,3-6,8,10-14,16H2,1-2H3,(H,26,28). The first-order valence-electron chi connectivity index (χ1n) is 11.7. The second kappa shape index (κ2) is 8.67. The van der Waals surface area contributed by atoms with Gasteiger partial charge >= 0.3 is 0 Å². The van der Waals surface area contributed by atoms with Crippen LogP contribution in [0.2, 0.25) is 0 Å². The summed E-state index contributed by atoms with van der Waals surface area (Å²) in [6.07, 6.45) is 9.99. The summed E-state index contributed by atoms with van der Waals surface area (Å²) in [5.74, 6) is 2.77. The summed E-state index contributed by atoms with van der Waals surface area (Å²) in [4.78, 5) is 12.0. The highest BCUT2D eigenvalue weighted by atomic mass is 16.5. The van der Waals surface area contributed by atoms with Gasteiger partial charge in [-0.1, -0.05) is 32.8 Å². The molecule has 160 valence electrons. The van der Waals surface area contributed by atoms with Crippen molar-refractivity contribution in [3.8, 4) is 5.75 Å². The minimum Gasteiger partial charge on any atom is -0.484 e. The van der Waals surface area contributed by atoms with Crippen molar-refractivity contribution < 1.29 is 14.6 Å². The molecule has 2 fully saturated rings. The fourth-order valence-corrected chi connectivity index (χ4v) is 6.42. The molecule has 3 aliphatic carbocycles. The van der Waals surface area contributed by atoms with E-state index in [0.29, 0.717) is 17.8 Å². The number of aliphatic hydroxyl groups excluding tert-OH is 1. The van der Waals surface area contributed by atoms with Crippen LogP contribution in [0.1, 0.15) is 82.3 Å². The summed E-state index contributed by atoms with van der Waals surface area (Å²) < 4.78 is 5.78. The van der Waals surface area contributed by atoms with Gasteiger partial charge in [-0.25, -0.2) is 0 Å². The summed E-state index contributed by atoms with van der Waals surface area (Å²) in [5.41, 5.74) is 3.02. The van der Waals surface area contributed by atoms with Crippen molar-refractivity contribution in [2.24, 2.45) is 17.3 Å². The van der Waals surface area contributed by atoms with Crippen LogP contribution in [0.3, 0.4) is 0 Å². The molecule has 5 atom stereocenters. The summed E-state index contributed by atoms with van der Waals surface area (Å²) in [5, 5.41) is 13.5. The minimum atomic E-state index is -0.112. The number of aryl methyl sites for hydroxylation is 1. The molecule has 0 aromatic heterocycles. The zero-order chi connectivity index (χ0) is 20.4. The molecule has 1 aromatic carbocycles. The highest BCUT2D eigenvalue weighted by Crippen LogP contribution is 2.60. The van der Waals surface area contributed by atoms with Gasteiger partial charge in [0.25, 0.3) is 5.91 Å². The number of ether oxygens (including phenoxy) is 1. The number of carbonyl (C=O) groups is 1. The molecule has 1 amide bonds. The first-order valence-corrected chi connectivity index (χ1v) is 11.7. The van der Waals surface area contributed by atoms with Crippen molar-refractivity contribution in [3.63, 3.8) is 0 Å². The Kier molecular flexibility index (Phi) is 6.19. The van der Waals surface area contributed by atoms with Crippen LogP contribution in [0.25, 0.3) is 0 Å². The lowest BCUT2D eigenvalue weighted by molar-refractivity contribution is -0.123. The summed E-state index contributed by atoms with van der Waals surface area (Å²) in [7, 11) is 0. The van der Waals surface area contributed by atoms with Gasteiger partial charge in [0.2, 0.25) is 0 Å². The Bertz CT molecular complexity index is 733. The van der Waals surface area contributed by atoms with Gasteiger partial charge in [0.1, 0.15) is 5.75 Å². The first-order chi connectivity index (χ1) is 14.0.